The van der Waals surface area contributed by atoms with Gasteiger partial charge in [0.1, 0.15) is 6.61 Å². The van der Waals surface area contributed by atoms with Crippen molar-refractivity contribution in [3.63, 3.8) is 0 Å². The Bertz CT molecular complexity index is 986. The normalized spacial score (nSPS) is 13.5. The summed E-state index contributed by atoms with van der Waals surface area (Å²) in [6.45, 7) is 5.77. The van der Waals surface area contributed by atoms with Gasteiger partial charge >= 0.3 is 6.09 Å². The lowest BCUT2D eigenvalue weighted by molar-refractivity contribution is 0.141. The van der Waals surface area contributed by atoms with Gasteiger partial charge in [-0.05, 0) is 49.1 Å². The molecule has 1 amide bonds. The quantitative estimate of drug-likeness (QED) is 0.544. The largest absolute Gasteiger partial charge is 0.488 e. The zero-order valence-electron chi connectivity index (χ0n) is 16.1. The van der Waals surface area contributed by atoms with E-state index in [4.69, 9.17) is 9.84 Å². The number of carboxylic acid groups (broad SMARTS) is 1. The lowest BCUT2D eigenvalue weighted by Gasteiger charge is -2.31. The Balaban J connectivity index is 1.81. The second-order valence-corrected chi connectivity index (χ2v) is 7.62. The minimum absolute atomic E-state index is 0.0316. The molecule has 28 heavy (non-hydrogen) atoms. The number of nitrogens with zero attached hydrogens (tertiary/aromatic N) is 1. The van der Waals surface area contributed by atoms with Crippen molar-refractivity contribution in [2.45, 2.75) is 32.7 Å². The maximum atomic E-state index is 14.7. The molecule has 1 unspecified atom stereocenters. The molecule has 0 spiro atoms. The molecule has 1 atom stereocenters. The zero-order chi connectivity index (χ0) is 20.3. The first-order valence-corrected chi connectivity index (χ1v) is 9.13. The third-order valence-electron chi connectivity index (χ3n) is 4.51. The minimum Gasteiger partial charge on any atom is -0.488 e. The van der Waals surface area contributed by atoms with Crippen LogP contribution in [-0.4, -0.2) is 33.3 Å². The van der Waals surface area contributed by atoms with Crippen LogP contribution in [0.5, 0.6) is 5.75 Å². The van der Waals surface area contributed by atoms with E-state index in [9.17, 15) is 9.18 Å². The molecule has 0 aliphatic heterocycles. The highest BCUT2D eigenvalue weighted by Gasteiger charge is 2.29. The molecular weight excluding hydrogens is 361 g/mol. The first-order valence-electron chi connectivity index (χ1n) is 9.13. The molecule has 0 radical (unpaired) electrons. The predicted molar refractivity (Wildman–Crippen MR) is 106 cm³/mol. The fourth-order valence-electron chi connectivity index (χ4n) is 3.53. The Labute approximate surface area is 162 Å². The minimum atomic E-state index is -1.13. The summed E-state index contributed by atoms with van der Waals surface area (Å²) in [5.74, 6) is -0.165. The molecule has 3 N–H and O–H groups in total. The molecule has 3 aromatic rings. The first kappa shape index (κ1) is 19.7. The molecule has 0 saturated heterocycles. The molecule has 2 heterocycles. The van der Waals surface area contributed by atoms with Crippen LogP contribution in [-0.2, 0) is 0 Å². The third kappa shape index (κ3) is 4.42. The van der Waals surface area contributed by atoms with Gasteiger partial charge in [0.15, 0.2) is 11.6 Å². The zero-order valence-corrected chi connectivity index (χ0v) is 16.1. The highest BCUT2D eigenvalue weighted by atomic mass is 19.1. The van der Waals surface area contributed by atoms with E-state index in [2.05, 4.69) is 15.3 Å². The Morgan fingerprint density at radius 1 is 1.36 bits per heavy atom. The van der Waals surface area contributed by atoms with Crippen molar-refractivity contribution in [1.82, 2.24) is 15.3 Å². The molecule has 1 aromatic carbocycles. The van der Waals surface area contributed by atoms with Crippen LogP contribution in [0.15, 0.2) is 42.7 Å². The van der Waals surface area contributed by atoms with E-state index in [1.54, 1.807) is 31.5 Å². The molecule has 3 rings (SSSR count). The van der Waals surface area contributed by atoms with Gasteiger partial charge in [0.25, 0.3) is 0 Å². The molecule has 6 nitrogen and oxygen atoms in total. The summed E-state index contributed by atoms with van der Waals surface area (Å²) in [7, 11) is 0. The first-order chi connectivity index (χ1) is 13.3. The van der Waals surface area contributed by atoms with Crippen molar-refractivity contribution in [2.24, 2.45) is 5.92 Å². The average molecular weight is 385 g/mol. The number of ether oxygens (including phenoxy) is 1. The van der Waals surface area contributed by atoms with Crippen LogP contribution in [0.3, 0.4) is 0 Å². The smallest absolute Gasteiger partial charge is 0.405 e. The Morgan fingerprint density at radius 3 is 2.82 bits per heavy atom. The van der Waals surface area contributed by atoms with Crippen LogP contribution in [0.4, 0.5) is 9.18 Å². The summed E-state index contributed by atoms with van der Waals surface area (Å²) in [4.78, 5) is 18.5. The number of aromatic amines is 1. The van der Waals surface area contributed by atoms with Crippen LogP contribution in [0.1, 0.15) is 27.2 Å². The fourth-order valence-corrected chi connectivity index (χ4v) is 3.53. The number of pyridine rings is 1. The van der Waals surface area contributed by atoms with Gasteiger partial charge in [-0.1, -0.05) is 19.9 Å². The van der Waals surface area contributed by atoms with E-state index in [0.29, 0.717) is 12.0 Å². The molecule has 2 aromatic heterocycles. The van der Waals surface area contributed by atoms with Gasteiger partial charge in [0.2, 0.25) is 0 Å². The fraction of sp³-hybridized carbons (Fsp3) is 0.333. The van der Waals surface area contributed by atoms with E-state index < -0.39 is 17.4 Å². The van der Waals surface area contributed by atoms with Crippen LogP contribution >= 0.6 is 0 Å². The Morgan fingerprint density at radius 2 is 2.14 bits per heavy atom. The van der Waals surface area contributed by atoms with Crippen molar-refractivity contribution in [1.29, 1.82) is 0 Å². The lowest BCUT2D eigenvalue weighted by atomic mass is 9.91. The third-order valence-corrected chi connectivity index (χ3v) is 4.51. The standard InChI is InChI=1S/C21H24FN3O3/c1-13(2)11-21(3,25-20(26)27)12-28-18-5-4-14(10-16(18)22)15-6-8-23-17-7-9-24-19(15)17/h4-10,13,24-25H,11-12H2,1-3H3,(H,26,27). The number of rotatable bonds is 7. The van der Waals surface area contributed by atoms with Gasteiger partial charge in [0.05, 0.1) is 16.6 Å². The maximum absolute atomic E-state index is 14.7. The monoisotopic (exact) mass is 385 g/mol. The van der Waals surface area contributed by atoms with Gasteiger partial charge in [-0.15, -0.1) is 0 Å². The van der Waals surface area contributed by atoms with Crippen molar-refractivity contribution in [3.05, 3.63) is 48.5 Å². The summed E-state index contributed by atoms with van der Waals surface area (Å²) in [6.07, 6.45) is 2.92. The molecular formula is C21H24FN3O3. The molecule has 0 bridgehead atoms. The number of nitrogens with one attached hydrogen (secondary N) is 2. The summed E-state index contributed by atoms with van der Waals surface area (Å²) in [5, 5.41) is 11.6. The van der Waals surface area contributed by atoms with Gasteiger partial charge in [-0.3, -0.25) is 4.98 Å². The van der Waals surface area contributed by atoms with Gasteiger partial charge < -0.3 is 20.1 Å². The topological polar surface area (TPSA) is 87.2 Å². The number of halogens is 1. The predicted octanol–water partition coefficient (Wildman–Crippen LogP) is 4.82. The van der Waals surface area contributed by atoms with Crippen molar-refractivity contribution in [2.75, 3.05) is 6.61 Å². The SMILES string of the molecule is CC(C)CC(C)(COc1ccc(-c2ccnc3cc[nH]c23)cc1F)NC(=O)O. The lowest BCUT2D eigenvalue weighted by Crippen LogP contribution is -2.50. The van der Waals surface area contributed by atoms with Crippen LogP contribution in [0.2, 0.25) is 0 Å². The van der Waals surface area contributed by atoms with Crippen LogP contribution in [0, 0.1) is 11.7 Å². The molecule has 0 aliphatic rings. The molecule has 0 fully saturated rings. The van der Waals surface area contributed by atoms with E-state index in [1.807, 2.05) is 26.0 Å². The maximum Gasteiger partial charge on any atom is 0.405 e. The Hall–Kier alpha value is -3.09. The number of amides is 1. The molecule has 0 aliphatic carbocycles. The summed E-state index contributed by atoms with van der Waals surface area (Å²) in [6, 6.07) is 8.44. The number of hydrogen-bond donors (Lipinski definition) is 3. The summed E-state index contributed by atoms with van der Waals surface area (Å²) in [5.41, 5.74) is 2.38. The van der Waals surface area contributed by atoms with Crippen molar-refractivity contribution in [3.8, 4) is 16.9 Å². The molecule has 0 saturated carbocycles. The molecule has 7 heteroatoms. The second kappa shape index (κ2) is 7.88. The number of carbonyl (C=O) groups is 1. The number of aromatic nitrogens is 2. The van der Waals surface area contributed by atoms with Crippen LogP contribution < -0.4 is 10.1 Å². The highest BCUT2D eigenvalue weighted by molar-refractivity contribution is 5.91. The molecule has 148 valence electrons. The van der Waals surface area contributed by atoms with Gasteiger partial charge in [0, 0.05) is 18.0 Å². The number of hydrogen-bond acceptors (Lipinski definition) is 3. The van der Waals surface area contributed by atoms with E-state index >= 15 is 0 Å². The van der Waals surface area contributed by atoms with E-state index in [0.717, 1.165) is 16.6 Å². The average Bonchev–Trinajstić information content (AvgIpc) is 3.08. The van der Waals surface area contributed by atoms with E-state index in [-0.39, 0.29) is 18.3 Å². The highest BCUT2D eigenvalue weighted by Crippen LogP contribution is 2.30. The van der Waals surface area contributed by atoms with Gasteiger partial charge in [-0.2, -0.15) is 0 Å². The number of benzene rings is 1. The number of fused-ring (bicyclic) bond motifs is 1. The van der Waals surface area contributed by atoms with E-state index in [1.165, 1.54) is 6.07 Å². The summed E-state index contributed by atoms with van der Waals surface area (Å²) < 4.78 is 20.3. The van der Waals surface area contributed by atoms with Gasteiger partial charge in [-0.25, -0.2) is 9.18 Å². The second-order valence-electron chi connectivity index (χ2n) is 7.62. The van der Waals surface area contributed by atoms with Crippen molar-refractivity contribution < 1.29 is 19.0 Å². The van der Waals surface area contributed by atoms with Crippen molar-refractivity contribution >= 4 is 17.1 Å². The Kier molecular flexibility index (Phi) is 5.53. The number of H-pyrrole nitrogens is 1. The summed E-state index contributed by atoms with van der Waals surface area (Å²) >= 11 is 0. The van der Waals surface area contributed by atoms with Crippen LogP contribution in [0.25, 0.3) is 22.2 Å².